The maximum Gasteiger partial charge on any atom is 0.260 e. The van der Waals surface area contributed by atoms with Gasteiger partial charge in [0.25, 0.3) is 5.56 Å². The quantitative estimate of drug-likeness (QED) is 0.552. The summed E-state index contributed by atoms with van der Waals surface area (Å²) < 4.78 is 5.45. The third kappa shape index (κ3) is 3.68. The molecule has 0 bridgehead atoms. The molecule has 28 heavy (non-hydrogen) atoms. The monoisotopic (exact) mass is 373 g/mol. The highest BCUT2D eigenvalue weighted by molar-refractivity contribution is 5.80. The predicted molar refractivity (Wildman–Crippen MR) is 109 cm³/mol. The molecule has 0 fully saturated rings. The fraction of sp³-hybridized carbons (Fsp3) is 0.143. The fourth-order valence-electron chi connectivity index (χ4n) is 2.92. The van der Waals surface area contributed by atoms with Crippen LogP contribution in [0, 0.1) is 6.92 Å². The zero-order chi connectivity index (χ0) is 19.5. The largest absolute Gasteiger partial charge is 0.494 e. The molecule has 2 N–H and O–H groups in total. The number of hydrogen-bond donors (Lipinski definition) is 2. The van der Waals surface area contributed by atoms with Crippen LogP contribution in [0.25, 0.3) is 22.2 Å². The Kier molecular flexibility index (Phi) is 4.72. The zero-order valence-corrected chi connectivity index (χ0v) is 15.6. The summed E-state index contributed by atoms with van der Waals surface area (Å²) in [5.74, 6) is 1.29. The highest BCUT2D eigenvalue weighted by Gasteiger charge is 2.09. The number of fused-ring (bicyclic) bond motifs is 1. The van der Waals surface area contributed by atoms with E-state index >= 15 is 0 Å². The number of aryl methyl sites for hydroxylation is 1. The van der Waals surface area contributed by atoms with Gasteiger partial charge in [0.2, 0.25) is 11.9 Å². The second-order valence-corrected chi connectivity index (χ2v) is 6.24. The van der Waals surface area contributed by atoms with Crippen LogP contribution in [0.1, 0.15) is 12.6 Å². The Labute approximate surface area is 161 Å². The number of H-pyrrole nitrogens is 1. The SMILES string of the molecule is CCOc1ccc2nc(Nc3nc(C)cc(-c4ccccc4)n3)[nH]c(=O)c2c1. The van der Waals surface area contributed by atoms with Crippen LogP contribution < -0.4 is 15.6 Å². The molecule has 0 spiro atoms. The number of aromatic nitrogens is 4. The van der Waals surface area contributed by atoms with E-state index in [9.17, 15) is 4.79 Å². The fourth-order valence-corrected chi connectivity index (χ4v) is 2.92. The molecule has 4 aromatic rings. The predicted octanol–water partition coefficient (Wildman–Crippen LogP) is 3.83. The van der Waals surface area contributed by atoms with Gasteiger partial charge in [-0.05, 0) is 38.1 Å². The van der Waals surface area contributed by atoms with Gasteiger partial charge in [0.15, 0.2) is 0 Å². The summed E-state index contributed by atoms with van der Waals surface area (Å²) in [5.41, 5.74) is 2.89. The van der Waals surface area contributed by atoms with Gasteiger partial charge in [-0.25, -0.2) is 15.0 Å². The lowest BCUT2D eigenvalue weighted by atomic mass is 10.1. The van der Waals surface area contributed by atoms with Gasteiger partial charge in [-0.15, -0.1) is 0 Å². The average Bonchev–Trinajstić information content (AvgIpc) is 2.69. The number of nitrogens with one attached hydrogen (secondary N) is 2. The van der Waals surface area contributed by atoms with E-state index in [4.69, 9.17) is 4.74 Å². The number of aromatic amines is 1. The lowest BCUT2D eigenvalue weighted by Crippen LogP contribution is -2.12. The Morgan fingerprint density at radius 3 is 2.64 bits per heavy atom. The standard InChI is InChI=1S/C21H19N5O2/c1-3-28-15-9-10-17-16(12-15)19(27)25-21(23-17)26-20-22-13(2)11-18(24-20)14-7-5-4-6-8-14/h4-12H,3H2,1-2H3,(H2,22,23,24,25,26,27). The lowest BCUT2D eigenvalue weighted by molar-refractivity contribution is 0.340. The summed E-state index contributed by atoms with van der Waals surface area (Å²) >= 11 is 0. The van der Waals surface area contributed by atoms with Gasteiger partial charge in [0.1, 0.15) is 5.75 Å². The summed E-state index contributed by atoms with van der Waals surface area (Å²) in [6.45, 7) is 4.32. The molecule has 0 saturated carbocycles. The zero-order valence-electron chi connectivity index (χ0n) is 15.6. The summed E-state index contributed by atoms with van der Waals surface area (Å²) in [6, 6.07) is 17.0. The normalized spacial score (nSPS) is 10.8. The Morgan fingerprint density at radius 2 is 1.86 bits per heavy atom. The third-order valence-electron chi connectivity index (χ3n) is 4.14. The van der Waals surface area contributed by atoms with Gasteiger partial charge in [0.05, 0.1) is 23.2 Å². The summed E-state index contributed by atoms with van der Waals surface area (Å²) in [7, 11) is 0. The van der Waals surface area contributed by atoms with E-state index in [2.05, 4.69) is 25.3 Å². The van der Waals surface area contributed by atoms with Crippen molar-refractivity contribution in [2.75, 3.05) is 11.9 Å². The molecule has 0 atom stereocenters. The Hall–Kier alpha value is -3.74. The summed E-state index contributed by atoms with van der Waals surface area (Å²) in [4.78, 5) is 28.6. The molecule has 7 heteroatoms. The topological polar surface area (TPSA) is 92.8 Å². The molecule has 2 heterocycles. The molecule has 0 saturated heterocycles. The molecule has 2 aromatic heterocycles. The van der Waals surface area contributed by atoms with Crippen molar-refractivity contribution in [2.24, 2.45) is 0 Å². The highest BCUT2D eigenvalue weighted by Crippen LogP contribution is 2.21. The Morgan fingerprint density at radius 1 is 1.04 bits per heavy atom. The van der Waals surface area contributed by atoms with Crippen molar-refractivity contribution in [3.63, 3.8) is 0 Å². The van der Waals surface area contributed by atoms with Crippen LogP contribution in [-0.2, 0) is 0 Å². The first-order valence-corrected chi connectivity index (χ1v) is 8.97. The van der Waals surface area contributed by atoms with Gasteiger partial charge < -0.3 is 4.74 Å². The van der Waals surface area contributed by atoms with Crippen LogP contribution in [0.15, 0.2) is 59.4 Å². The van der Waals surface area contributed by atoms with Crippen molar-refractivity contribution >= 4 is 22.8 Å². The molecule has 2 aromatic carbocycles. The Bertz CT molecular complexity index is 1190. The smallest absolute Gasteiger partial charge is 0.260 e. The van der Waals surface area contributed by atoms with Crippen LogP contribution in [0.5, 0.6) is 5.75 Å². The van der Waals surface area contributed by atoms with Crippen LogP contribution in [0.2, 0.25) is 0 Å². The van der Waals surface area contributed by atoms with Gasteiger partial charge >= 0.3 is 0 Å². The second kappa shape index (κ2) is 7.48. The van der Waals surface area contributed by atoms with Crippen molar-refractivity contribution in [3.8, 4) is 17.0 Å². The molecule has 0 amide bonds. The van der Waals surface area contributed by atoms with Crippen LogP contribution >= 0.6 is 0 Å². The number of anilines is 2. The number of nitrogens with zero attached hydrogens (tertiary/aromatic N) is 3. The van der Waals surface area contributed by atoms with Crippen LogP contribution in [-0.4, -0.2) is 26.5 Å². The van der Waals surface area contributed by atoms with E-state index in [-0.39, 0.29) is 11.5 Å². The van der Waals surface area contributed by atoms with E-state index in [1.54, 1.807) is 18.2 Å². The average molecular weight is 373 g/mol. The number of benzene rings is 2. The highest BCUT2D eigenvalue weighted by atomic mass is 16.5. The summed E-state index contributed by atoms with van der Waals surface area (Å²) in [6.07, 6.45) is 0. The van der Waals surface area contributed by atoms with E-state index < -0.39 is 0 Å². The van der Waals surface area contributed by atoms with Crippen molar-refractivity contribution in [2.45, 2.75) is 13.8 Å². The van der Waals surface area contributed by atoms with Gasteiger partial charge in [-0.3, -0.25) is 15.1 Å². The first kappa shape index (κ1) is 17.7. The summed E-state index contributed by atoms with van der Waals surface area (Å²) in [5, 5.41) is 3.47. The molecule has 0 radical (unpaired) electrons. The van der Waals surface area contributed by atoms with Gasteiger partial charge in [-0.1, -0.05) is 30.3 Å². The molecule has 7 nitrogen and oxygen atoms in total. The number of ether oxygens (including phenoxy) is 1. The molecule has 0 aliphatic rings. The molecule has 0 aliphatic carbocycles. The van der Waals surface area contributed by atoms with E-state index in [1.807, 2.05) is 50.2 Å². The van der Waals surface area contributed by atoms with E-state index in [0.717, 1.165) is 17.0 Å². The second-order valence-electron chi connectivity index (χ2n) is 6.24. The molecule has 140 valence electrons. The van der Waals surface area contributed by atoms with Gasteiger partial charge in [-0.2, -0.15) is 0 Å². The molecular weight excluding hydrogens is 354 g/mol. The minimum Gasteiger partial charge on any atom is -0.494 e. The minimum atomic E-state index is -0.259. The third-order valence-corrected chi connectivity index (χ3v) is 4.14. The van der Waals surface area contributed by atoms with Crippen LogP contribution in [0.4, 0.5) is 11.9 Å². The molecule has 0 aliphatic heterocycles. The van der Waals surface area contributed by atoms with Gasteiger partial charge in [0, 0.05) is 11.3 Å². The maximum atomic E-state index is 12.5. The molecule has 0 unspecified atom stereocenters. The number of rotatable bonds is 5. The van der Waals surface area contributed by atoms with Crippen molar-refractivity contribution in [1.29, 1.82) is 0 Å². The van der Waals surface area contributed by atoms with Crippen molar-refractivity contribution in [3.05, 3.63) is 70.6 Å². The Balaban J connectivity index is 1.69. The first-order valence-electron chi connectivity index (χ1n) is 8.97. The molecule has 4 rings (SSSR count). The minimum absolute atomic E-state index is 0.259. The number of hydrogen-bond acceptors (Lipinski definition) is 6. The van der Waals surface area contributed by atoms with Crippen molar-refractivity contribution in [1.82, 2.24) is 19.9 Å². The van der Waals surface area contributed by atoms with Crippen molar-refractivity contribution < 1.29 is 4.74 Å². The van der Waals surface area contributed by atoms with E-state index in [1.165, 1.54) is 0 Å². The lowest BCUT2D eigenvalue weighted by Gasteiger charge is -2.09. The first-order chi connectivity index (χ1) is 13.6. The van der Waals surface area contributed by atoms with E-state index in [0.29, 0.717) is 29.2 Å². The van der Waals surface area contributed by atoms with Crippen LogP contribution in [0.3, 0.4) is 0 Å². The maximum absolute atomic E-state index is 12.5. The molecular formula is C21H19N5O2.